The van der Waals surface area contributed by atoms with E-state index in [1.807, 2.05) is 0 Å². The lowest BCUT2D eigenvalue weighted by atomic mass is 9.78. The normalized spacial score (nSPS) is 35.4. The average Bonchev–Trinajstić information content (AvgIpc) is 2.09. The highest BCUT2D eigenvalue weighted by Crippen LogP contribution is 2.41. The van der Waals surface area contributed by atoms with Gasteiger partial charge in [0, 0.05) is 17.6 Å². The molecule has 0 saturated carbocycles. The first-order chi connectivity index (χ1) is 6.73. The van der Waals surface area contributed by atoms with Crippen LogP contribution in [-0.4, -0.2) is 49.4 Å². The first kappa shape index (κ1) is 13.7. The van der Waals surface area contributed by atoms with Gasteiger partial charge in [0.05, 0.1) is 16.6 Å². The molecule has 1 saturated heterocycles. The molecule has 1 heterocycles. The second-order valence-corrected chi connectivity index (χ2v) is 6.86. The summed E-state index contributed by atoms with van der Waals surface area (Å²) in [6.07, 6.45) is 0.509. The van der Waals surface area contributed by atoms with Crippen LogP contribution in [0.25, 0.3) is 0 Å². The van der Waals surface area contributed by atoms with Gasteiger partial charge in [0.25, 0.3) is 0 Å². The molecule has 0 bridgehead atoms. The molecule has 0 aliphatic carbocycles. The molecule has 0 spiro atoms. The number of hydrogen-bond acceptors (Lipinski definition) is 3. The molecule has 2 unspecified atom stereocenters. The number of rotatable bonds is 2. The zero-order valence-corrected chi connectivity index (χ0v) is 12.2. The Bertz CT molecular complexity index is 231. The number of halogens is 1. The van der Waals surface area contributed by atoms with Gasteiger partial charge >= 0.3 is 0 Å². The van der Waals surface area contributed by atoms with E-state index >= 15 is 0 Å². The number of nitrogens with zero attached hydrogens (tertiary/aromatic N) is 1. The van der Waals surface area contributed by atoms with Gasteiger partial charge < -0.3 is 10.2 Å². The summed E-state index contributed by atoms with van der Waals surface area (Å²) in [6.45, 7) is 9.40. The number of hydrogen-bond donors (Lipinski definition) is 2. The molecule has 0 aromatic heterocycles. The Hall–Kier alpha value is 0.610. The van der Waals surface area contributed by atoms with Crippen LogP contribution < -0.4 is 0 Å². The first-order valence-electron chi connectivity index (χ1n) is 5.44. The van der Waals surface area contributed by atoms with Crippen molar-refractivity contribution in [2.24, 2.45) is 0 Å². The van der Waals surface area contributed by atoms with Crippen molar-refractivity contribution < 1.29 is 10.2 Å². The van der Waals surface area contributed by atoms with Gasteiger partial charge in [0.1, 0.15) is 0 Å². The maximum Gasteiger partial charge on any atom is 0.0693 e. The molecule has 1 aliphatic heterocycles. The summed E-state index contributed by atoms with van der Waals surface area (Å²) < 4.78 is 0.203. The molecule has 1 fully saturated rings. The summed E-state index contributed by atoms with van der Waals surface area (Å²) in [5.41, 5.74) is -0.127. The Morgan fingerprint density at radius 3 is 2.33 bits per heavy atom. The first-order valence-corrected chi connectivity index (χ1v) is 6.69. The van der Waals surface area contributed by atoms with Crippen LogP contribution in [-0.2, 0) is 0 Å². The van der Waals surface area contributed by atoms with E-state index in [9.17, 15) is 5.11 Å². The lowest BCUT2D eigenvalue weighted by Gasteiger charge is -2.56. The Balaban J connectivity index is 2.97. The standard InChI is InChI=1S/C11H22INO2/c1-10(2)7-8(15)9(12)11(3,4)13(10)5-6-14/h8-9,14-15H,5-7H2,1-4H3. The van der Waals surface area contributed by atoms with Crippen LogP contribution in [0.2, 0.25) is 0 Å². The van der Waals surface area contributed by atoms with E-state index in [0.717, 1.165) is 6.42 Å². The van der Waals surface area contributed by atoms with Crippen LogP contribution in [0.3, 0.4) is 0 Å². The van der Waals surface area contributed by atoms with E-state index in [2.05, 4.69) is 55.2 Å². The molecule has 3 nitrogen and oxygen atoms in total. The minimum Gasteiger partial charge on any atom is -0.395 e. The van der Waals surface area contributed by atoms with Crippen LogP contribution in [0.1, 0.15) is 34.1 Å². The zero-order chi connectivity index (χ0) is 11.9. The average molecular weight is 327 g/mol. The second-order valence-electron chi connectivity index (χ2n) is 5.51. The molecule has 0 radical (unpaired) electrons. The Morgan fingerprint density at radius 1 is 1.33 bits per heavy atom. The molecule has 2 atom stereocenters. The van der Waals surface area contributed by atoms with Gasteiger partial charge in [-0.2, -0.15) is 0 Å². The number of β-amino-alcohol motifs (C(OH)–C–C–N with tert-alkyl or cyclic N) is 1. The van der Waals surface area contributed by atoms with Gasteiger partial charge in [-0.15, -0.1) is 0 Å². The largest absolute Gasteiger partial charge is 0.395 e. The predicted molar refractivity (Wildman–Crippen MR) is 70.4 cm³/mol. The molecule has 0 aromatic carbocycles. The van der Waals surface area contributed by atoms with Crippen molar-refractivity contribution in [3.05, 3.63) is 0 Å². The molecule has 0 amide bonds. The number of aliphatic hydroxyl groups excluding tert-OH is 2. The predicted octanol–water partition coefficient (Wildman–Crippen LogP) is 1.41. The van der Waals surface area contributed by atoms with Crippen molar-refractivity contribution >= 4 is 22.6 Å². The van der Waals surface area contributed by atoms with Crippen LogP contribution in [0, 0.1) is 0 Å². The Morgan fingerprint density at radius 2 is 1.87 bits per heavy atom. The molecule has 1 rings (SSSR count). The minimum absolute atomic E-state index is 0.0483. The molecular weight excluding hydrogens is 305 g/mol. The third-order valence-corrected chi connectivity index (χ3v) is 5.83. The molecule has 15 heavy (non-hydrogen) atoms. The monoisotopic (exact) mass is 327 g/mol. The molecule has 4 heteroatoms. The van der Waals surface area contributed by atoms with Gasteiger partial charge in [-0.05, 0) is 34.1 Å². The lowest BCUT2D eigenvalue weighted by Crippen LogP contribution is -2.67. The Labute approximate surface area is 106 Å². The smallest absolute Gasteiger partial charge is 0.0693 e. The zero-order valence-electron chi connectivity index (χ0n) is 10.00. The molecule has 1 aliphatic rings. The third kappa shape index (κ3) is 2.48. The number of piperidine rings is 1. The van der Waals surface area contributed by atoms with Crippen molar-refractivity contribution in [1.29, 1.82) is 0 Å². The van der Waals surface area contributed by atoms with Crippen LogP contribution >= 0.6 is 22.6 Å². The number of aliphatic hydroxyl groups is 2. The van der Waals surface area contributed by atoms with Crippen molar-refractivity contribution in [3.63, 3.8) is 0 Å². The van der Waals surface area contributed by atoms with E-state index < -0.39 is 0 Å². The van der Waals surface area contributed by atoms with Crippen LogP contribution in [0.15, 0.2) is 0 Å². The van der Waals surface area contributed by atoms with Crippen molar-refractivity contribution in [1.82, 2.24) is 4.90 Å². The van der Waals surface area contributed by atoms with Crippen molar-refractivity contribution in [2.75, 3.05) is 13.2 Å². The summed E-state index contributed by atoms with van der Waals surface area (Å²) >= 11 is 2.32. The molecular formula is C11H22INO2. The molecule has 90 valence electrons. The highest BCUT2D eigenvalue weighted by molar-refractivity contribution is 14.1. The summed E-state index contributed by atoms with van der Waals surface area (Å²) in [7, 11) is 0. The fourth-order valence-electron chi connectivity index (χ4n) is 2.82. The lowest BCUT2D eigenvalue weighted by molar-refractivity contribution is -0.0762. The summed E-state index contributed by atoms with van der Waals surface area (Å²) in [4.78, 5) is 2.31. The maximum absolute atomic E-state index is 10.0. The highest BCUT2D eigenvalue weighted by atomic mass is 127. The van der Waals surface area contributed by atoms with Crippen molar-refractivity contribution in [2.45, 2.75) is 55.2 Å². The van der Waals surface area contributed by atoms with E-state index in [-0.39, 0.29) is 27.7 Å². The molecule has 0 aromatic rings. The summed E-state index contributed by atoms with van der Waals surface area (Å²) in [5.74, 6) is 0. The van der Waals surface area contributed by atoms with Gasteiger partial charge in [0.15, 0.2) is 0 Å². The SMILES string of the molecule is CC1(C)CC(O)C(I)C(C)(C)N1CCO. The van der Waals surface area contributed by atoms with Crippen LogP contribution in [0.4, 0.5) is 0 Å². The van der Waals surface area contributed by atoms with Crippen LogP contribution in [0.5, 0.6) is 0 Å². The maximum atomic E-state index is 10.0. The fourth-order valence-corrected chi connectivity index (χ4v) is 3.41. The summed E-state index contributed by atoms with van der Waals surface area (Å²) in [6, 6.07) is 0. The fraction of sp³-hybridized carbons (Fsp3) is 1.00. The minimum atomic E-state index is -0.259. The Kier molecular flexibility index (Phi) is 4.07. The second kappa shape index (κ2) is 4.47. The van der Waals surface area contributed by atoms with E-state index in [1.54, 1.807) is 0 Å². The third-order valence-electron chi connectivity index (χ3n) is 3.47. The number of alkyl halides is 1. The van der Waals surface area contributed by atoms with Gasteiger partial charge in [-0.3, -0.25) is 4.90 Å². The quantitative estimate of drug-likeness (QED) is 0.595. The van der Waals surface area contributed by atoms with E-state index in [0.29, 0.717) is 6.54 Å². The van der Waals surface area contributed by atoms with Gasteiger partial charge in [-0.1, -0.05) is 22.6 Å². The topological polar surface area (TPSA) is 43.7 Å². The number of likely N-dealkylation sites (tertiary alicyclic amines) is 1. The highest BCUT2D eigenvalue weighted by Gasteiger charge is 2.49. The van der Waals surface area contributed by atoms with Crippen molar-refractivity contribution in [3.8, 4) is 0 Å². The molecule has 2 N–H and O–H groups in total. The van der Waals surface area contributed by atoms with Gasteiger partial charge in [-0.25, -0.2) is 0 Å². The van der Waals surface area contributed by atoms with Gasteiger partial charge in [0.2, 0.25) is 0 Å². The van der Waals surface area contributed by atoms with E-state index in [4.69, 9.17) is 5.11 Å². The van der Waals surface area contributed by atoms with E-state index in [1.165, 1.54) is 0 Å². The summed E-state index contributed by atoms with van der Waals surface area (Å²) in [5, 5.41) is 19.2.